The number of unbranched alkanes of at least 4 members (excludes halogenated alkanes) is 14. The molecule has 2 aromatic carbocycles. The number of para-hydroxylation sites is 2. The Balaban J connectivity index is 0.00000141. The predicted octanol–water partition coefficient (Wildman–Crippen LogP) is 8.95. The Morgan fingerprint density at radius 3 is 1.75 bits per heavy atom. The third kappa shape index (κ3) is 14.0. The van der Waals surface area contributed by atoms with Crippen molar-refractivity contribution in [1.82, 2.24) is 0 Å². The van der Waals surface area contributed by atoms with Crippen molar-refractivity contribution in [2.24, 2.45) is 0 Å². The number of fused-ring (bicyclic) bond motifs is 2. The van der Waals surface area contributed by atoms with Crippen LogP contribution >= 0.6 is 11.6 Å². The summed E-state index contributed by atoms with van der Waals surface area (Å²) in [5.41, 5.74) is 8.09. The molecule has 0 aliphatic carbocycles. The zero-order valence-corrected chi connectivity index (χ0v) is 35.0. The second-order valence-electron chi connectivity index (χ2n) is 15.7. The summed E-state index contributed by atoms with van der Waals surface area (Å²) in [6, 6.07) is 17.9. The zero-order chi connectivity index (χ0) is 38.9. The van der Waals surface area contributed by atoms with Crippen molar-refractivity contribution in [3.05, 3.63) is 94.7 Å². The van der Waals surface area contributed by atoms with Gasteiger partial charge in [0.2, 0.25) is 5.69 Å². The molecule has 0 unspecified atom stereocenters. The van der Waals surface area contributed by atoms with E-state index < -0.39 is 10.2 Å². The lowest BCUT2D eigenvalue weighted by Gasteiger charge is -2.27. The highest BCUT2D eigenvalue weighted by molar-refractivity contribution is 6.31. The summed E-state index contributed by atoms with van der Waals surface area (Å²) >= 11 is 7.02. The smallest absolute Gasteiger partial charge is 0.209 e. The molecule has 0 aromatic heterocycles. The molecule has 8 heteroatoms. The Morgan fingerprint density at radius 2 is 1.17 bits per heavy atom. The Bertz CT molecular complexity index is 1530. The molecule has 0 fully saturated rings. The minimum atomic E-state index is -4.94. The molecule has 0 amide bonds. The Morgan fingerprint density at radius 1 is 0.679 bits per heavy atom. The number of halogens is 2. The van der Waals surface area contributed by atoms with Gasteiger partial charge in [-0.25, -0.2) is 18.6 Å². The molecule has 2 aromatic rings. The molecular weight excluding hydrogens is 703 g/mol. The summed E-state index contributed by atoms with van der Waals surface area (Å²) in [7, 11) is -4.94. The molecule has 0 radical (unpaired) electrons. The molecule has 2 heterocycles. The lowest BCUT2D eigenvalue weighted by Crippen LogP contribution is -2.68. The lowest BCUT2D eigenvalue weighted by molar-refractivity contribution is -2.00. The van der Waals surface area contributed by atoms with Crippen molar-refractivity contribution < 1.29 is 33.5 Å². The maximum atomic E-state index is 8.49. The van der Waals surface area contributed by atoms with E-state index >= 15 is 0 Å². The Kier molecular flexibility index (Phi) is 18.8. The lowest BCUT2D eigenvalue weighted by atomic mass is 9.81. The van der Waals surface area contributed by atoms with E-state index in [1.165, 1.54) is 137 Å². The average Bonchev–Trinajstić information content (AvgIpc) is 3.46. The van der Waals surface area contributed by atoms with Gasteiger partial charge in [-0.2, -0.15) is 4.58 Å². The van der Waals surface area contributed by atoms with E-state index in [-0.39, 0.29) is 10.8 Å². The maximum absolute atomic E-state index is 8.49. The van der Waals surface area contributed by atoms with Crippen LogP contribution in [0.5, 0.6) is 0 Å². The second-order valence-corrected chi connectivity index (χ2v) is 16.9. The number of rotatable bonds is 21. The first-order chi connectivity index (χ1) is 25.2. The van der Waals surface area contributed by atoms with Gasteiger partial charge in [0.25, 0.3) is 0 Å². The van der Waals surface area contributed by atoms with Crippen LogP contribution in [0.3, 0.4) is 0 Å². The molecule has 4 rings (SSSR count). The highest BCUT2D eigenvalue weighted by Gasteiger charge is 2.44. The molecule has 6 nitrogen and oxygen atoms in total. The fourth-order valence-corrected chi connectivity index (χ4v) is 8.07. The van der Waals surface area contributed by atoms with Crippen LogP contribution in [0.25, 0.3) is 0 Å². The van der Waals surface area contributed by atoms with E-state index in [4.69, 9.17) is 30.2 Å². The van der Waals surface area contributed by atoms with Crippen LogP contribution < -0.4 is 23.5 Å². The van der Waals surface area contributed by atoms with Gasteiger partial charge < -0.3 is 4.90 Å². The summed E-state index contributed by atoms with van der Waals surface area (Å²) in [4.78, 5) is 2.56. The first-order valence-electron chi connectivity index (χ1n) is 20.2. The number of anilines is 1. The largest absolute Gasteiger partial charge is 0.344 e. The van der Waals surface area contributed by atoms with Crippen molar-refractivity contribution in [3.8, 4) is 0 Å². The van der Waals surface area contributed by atoms with Crippen molar-refractivity contribution in [2.45, 2.75) is 155 Å². The highest BCUT2D eigenvalue weighted by Crippen LogP contribution is 2.48. The summed E-state index contributed by atoms with van der Waals surface area (Å²) < 4.78 is 36.5. The first-order valence-corrected chi connectivity index (χ1v) is 21.8. The molecule has 0 saturated heterocycles. The third-order valence-electron chi connectivity index (χ3n) is 10.9. The fourth-order valence-electron chi connectivity index (χ4n) is 7.94. The number of allylic oxidation sites excluding steroid dienone is 6. The molecule has 294 valence electrons. The van der Waals surface area contributed by atoms with Gasteiger partial charge in [0, 0.05) is 52.5 Å². The van der Waals surface area contributed by atoms with Crippen LogP contribution in [-0.2, 0) is 10.8 Å². The minimum Gasteiger partial charge on any atom is -0.344 e. The molecule has 0 N–H and O–H groups in total. The quantitative estimate of drug-likeness (QED) is 0.0718. The van der Waals surface area contributed by atoms with E-state index in [1.54, 1.807) is 0 Å². The van der Waals surface area contributed by atoms with Crippen molar-refractivity contribution >= 4 is 28.7 Å². The van der Waals surface area contributed by atoms with Gasteiger partial charge in [-0.05, 0) is 56.5 Å². The van der Waals surface area contributed by atoms with Gasteiger partial charge in [-0.15, -0.1) is 10.2 Å². The molecule has 0 atom stereocenters. The van der Waals surface area contributed by atoms with Crippen LogP contribution in [0, 0.1) is 10.2 Å². The SMILES string of the molecule is CCCCCCCCCCN1/C(=C/C=C(Cl)/C=C/C2=[N+](CCCCCCCCCC)c3ccccc3C2(C)C)C(C)(C)c2ccccc21.[O-][Cl+3]([O-])([O-])[O-]. The molecule has 0 saturated carbocycles. The van der Waals surface area contributed by atoms with Gasteiger partial charge in [-0.1, -0.05) is 159 Å². The Hall–Kier alpha value is -2.45. The van der Waals surface area contributed by atoms with Gasteiger partial charge in [0.15, 0.2) is 5.71 Å². The summed E-state index contributed by atoms with van der Waals surface area (Å²) in [6.45, 7) is 16.1. The summed E-state index contributed by atoms with van der Waals surface area (Å²) in [6.07, 6.45) is 30.2. The topological polar surface area (TPSA) is 98.5 Å². The van der Waals surface area contributed by atoms with E-state index in [0.717, 1.165) is 18.1 Å². The number of hydrogen-bond acceptors (Lipinski definition) is 5. The molecular formula is C45H66Cl2N2O4. The maximum Gasteiger partial charge on any atom is 0.209 e. The standard InChI is InChI=1S/C45H66ClN2.ClHO4/c1-7-9-11-13-15-17-19-25-35-47-40-29-23-21-27-38(40)44(3,4)42(47)33-31-37(46)32-34-43-45(5,6)39-28-22-24-30-41(39)48(43)36-26-20-18-16-14-12-10-8-2;2-1(3,4)5/h21-24,27-34H,7-20,25-26,35-36H2,1-6H3;(H,2,3,4,5)/q+1;/p-1. The van der Waals surface area contributed by atoms with Gasteiger partial charge in [-0.3, -0.25) is 0 Å². The first kappa shape index (κ1) is 44.9. The monoisotopic (exact) mass is 768 g/mol. The molecule has 0 spiro atoms. The molecule has 2 aliphatic heterocycles. The third-order valence-corrected chi connectivity index (χ3v) is 11.1. The van der Waals surface area contributed by atoms with Crippen LogP contribution in [0.2, 0.25) is 0 Å². The van der Waals surface area contributed by atoms with Crippen LogP contribution in [0.1, 0.15) is 155 Å². The average molecular weight is 770 g/mol. The van der Waals surface area contributed by atoms with E-state index in [2.05, 4.69) is 124 Å². The second kappa shape index (κ2) is 22.2. The van der Waals surface area contributed by atoms with Gasteiger partial charge in [0.1, 0.15) is 6.54 Å². The number of hydrogen-bond donors (Lipinski definition) is 0. The van der Waals surface area contributed by atoms with Crippen LogP contribution in [-0.4, -0.2) is 23.4 Å². The van der Waals surface area contributed by atoms with Crippen LogP contribution in [0.4, 0.5) is 11.4 Å². The van der Waals surface area contributed by atoms with Crippen molar-refractivity contribution in [2.75, 3.05) is 18.0 Å². The highest BCUT2D eigenvalue weighted by atomic mass is 35.7. The van der Waals surface area contributed by atoms with Crippen LogP contribution in [0.15, 0.2) is 83.6 Å². The normalized spacial score (nSPS) is 17.1. The van der Waals surface area contributed by atoms with Gasteiger partial charge in [0.05, 0.1) is 5.41 Å². The van der Waals surface area contributed by atoms with E-state index in [0.29, 0.717) is 0 Å². The number of nitrogens with zero attached hydrogens (tertiary/aromatic N) is 2. The summed E-state index contributed by atoms with van der Waals surface area (Å²) in [5.74, 6) is 0. The minimum absolute atomic E-state index is 0.0647. The fraction of sp³-hybridized carbons (Fsp3) is 0.578. The van der Waals surface area contributed by atoms with Crippen molar-refractivity contribution in [3.63, 3.8) is 0 Å². The molecule has 2 aliphatic rings. The molecule has 53 heavy (non-hydrogen) atoms. The van der Waals surface area contributed by atoms with Crippen molar-refractivity contribution in [1.29, 1.82) is 0 Å². The van der Waals surface area contributed by atoms with Gasteiger partial charge >= 0.3 is 0 Å². The number of benzene rings is 2. The zero-order valence-electron chi connectivity index (χ0n) is 33.4. The predicted molar refractivity (Wildman–Crippen MR) is 212 cm³/mol. The van der Waals surface area contributed by atoms with E-state index in [1.807, 2.05) is 0 Å². The van der Waals surface area contributed by atoms with E-state index in [9.17, 15) is 0 Å². The summed E-state index contributed by atoms with van der Waals surface area (Å²) in [5, 5.41) is 0.771. The Labute approximate surface area is 328 Å². The molecule has 0 bridgehead atoms.